The summed E-state index contributed by atoms with van der Waals surface area (Å²) < 4.78 is 0. The lowest BCUT2D eigenvalue weighted by atomic mass is 10.0. The van der Waals surface area contributed by atoms with Crippen molar-refractivity contribution in [3.05, 3.63) is 35.4 Å². The minimum atomic E-state index is 0.616. The van der Waals surface area contributed by atoms with Gasteiger partial charge in [0.05, 0.1) is 0 Å². The van der Waals surface area contributed by atoms with Crippen molar-refractivity contribution >= 4 is 0 Å². The molecule has 1 saturated heterocycles. The maximum Gasteiger partial charge on any atom is 0.0235 e. The molecule has 1 heterocycles. The number of nitrogens with zero attached hydrogens (tertiary/aromatic N) is 1. The summed E-state index contributed by atoms with van der Waals surface area (Å²) >= 11 is 0. The van der Waals surface area contributed by atoms with E-state index in [1.54, 1.807) is 0 Å². The van der Waals surface area contributed by atoms with Crippen LogP contribution in [0.1, 0.15) is 31.4 Å². The molecule has 0 saturated carbocycles. The molecule has 1 N–H and O–H groups in total. The van der Waals surface area contributed by atoms with Crippen LogP contribution < -0.4 is 5.32 Å². The number of piperazine rings is 1. The molecule has 2 nitrogen and oxygen atoms in total. The molecule has 0 amide bonds. The SMILES string of the molecule is CCC.Cc1cccc(CC2CN(C)CCN2)c1. The molecule has 1 aromatic rings. The molecule has 1 aromatic carbocycles. The molecule has 0 bridgehead atoms. The van der Waals surface area contributed by atoms with Crippen LogP contribution in [0.2, 0.25) is 0 Å². The van der Waals surface area contributed by atoms with Gasteiger partial charge in [-0.3, -0.25) is 0 Å². The molecule has 1 aliphatic rings. The number of hydrogen-bond donors (Lipinski definition) is 1. The molecule has 102 valence electrons. The maximum atomic E-state index is 3.58. The van der Waals surface area contributed by atoms with Crippen LogP contribution in [0.4, 0.5) is 0 Å². The lowest BCUT2D eigenvalue weighted by Crippen LogP contribution is -2.49. The zero-order chi connectivity index (χ0) is 13.4. The van der Waals surface area contributed by atoms with Crippen LogP contribution in [0.25, 0.3) is 0 Å². The molecule has 0 radical (unpaired) electrons. The Labute approximate surface area is 112 Å². The van der Waals surface area contributed by atoms with E-state index in [9.17, 15) is 0 Å². The lowest BCUT2D eigenvalue weighted by Gasteiger charge is -2.31. The fourth-order valence-electron chi connectivity index (χ4n) is 2.25. The molecular weight excluding hydrogens is 220 g/mol. The van der Waals surface area contributed by atoms with Crippen molar-refractivity contribution in [3.63, 3.8) is 0 Å². The first-order valence-electron chi connectivity index (χ1n) is 7.13. The van der Waals surface area contributed by atoms with Gasteiger partial charge in [-0.2, -0.15) is 0 Å². The molecule has 0 aromatic heterocycles. The van der Waals surface area contributed by atoms with Gasteiger partial charge < -0.3 is 10.2 Å². The Morgan fingerprint density at radius 3 is 2.67 bits per heavy atom. The van der Waals surface area contributed by atoms with E-state index in [4.69, 9.17) is 0 Å². The summed E-state index contributed by atoms with van der Waals surface area (Å²) in [5.74, 6) is 0. The van der Waals surface area contributed by atoms with E-state index >= 15 is 0 Å². The van der Waals surface area contributed by atoms with Crippen molar-refractivity contribution in [3.8, 4) is 0 Å². The Balaban J connectivity index is 0.000000492. The summed E-state index contributed by atoms with van der Waals surface area (Å²) in [5, 5.41) is 3.58. The average Bonchev–Trinajstić information content (AvgIpc) is 2.30. The molecule has 0 spiro atoms. The molecule has 1 fully saturated rings. The summed E-state index contributed by atoms with van der Waals surface area (Å²) in [4.78, 5) is 2.40. The smallest absolute Gasteiger partial charge is 0.0235 e. The zero-order valence-electron chi connectivity index (χ0n) is 12.4. The first-order valence-corrected chi connectivity index (χ1v) is 7.13. The van der Waals surface area contributed by atoms with Crippen molar-refractivity contribution < 1.29 is 0 Å². The van der Waals surface area contributed by atoms with Gasteiger partial charge >= 0.3 is 0 Å². The summed E-state index contributed by atoms with van der Waals surface area (Å²) in [5.41, 5.74) is 2.81. The third-order valence-corrected chi connectivity index (χ3v) is 3.02. The highest BCUT2D eigenvalue weighted by Crippen LogP contribution is 2.08. The fraction of sp³-hybridized carbons (Fsp3) is 0.625. The van der Waals surface area contributed by atoms with Gasteiger partial charge in [0.1, 0.15) is 0 Å². The predicted molar refractivity (Wildman–Crippen MR) is 80.1 cm³/mol. The van der Waals surface area contributed by atoms with Gasteiger partial charge in [-0.15, -0.1) is 0 Å². The van der Waals surface area contributed by atoms with Crippen molar-refractivity contribution in [2.75, 3.05) is 26.7 Å². The zero-order valence-corrected chi connectivity index (χ0v) is 12.4. The van der Waals surface area contributed by atoms with E-state index in [-0.39, 0.29) is 0 Å². The normalized spacial score (nSPS) is 20.1. The topological polar surface area (TPSA) is 15.3 Å². The van der Waals surface area contributed by atoms with E-state index in [2.05, 4.69) is 62.3 Å². The van der Waals surface area contributed by atoms with Crippen molar-refractivity contribution in [2.24, 2.45) is 0 Å². The van der Waals surface area contributed by atoms with Gasteiger partial charge in [-0.05, 0) is 26.0 Å². The van der Waals surface area contributed by atoms with Gasteiger partial charge in [0, 0.05) is 25.7 Å². The number of hydrogen-bond acceptors (Lipinski definition) is 2. The van der Waals surface area contributed by atoms with E-state index in [0.29, 0.717) is 6.04 Å². The molecular formula is C16H28N2. The monoisotopic (exact) mass is 248 g/mol. The molecule has 2 heteroatoms. The molecule has 1 aliphatic heterocycles. The molecule has 1 unspecified atom stereocenters. The number of likely N-dealkylation sites (N-methyl/N-ethyl adjacent to an activating group) is 1. The van der Waals surface area contributed by atoms with Gasteiger partial charge in [-0.1, -0.05) is 50.1 Å². The number of nitrogens with one attached hydrogen (secondary N) is 1. The third-order valence-electron chi connectivity index (χ3n) is 3.02. The minimum Gasteiger partial charge on any atom is -0.311 e. The number of aryl methyl sites for hydroxylation is 1. The second-order valence-electron chi connectivity index (χ2n) is 5.31. The highest BCUT2D eigenvalue weighted by molar-refractivity contribution is 5.23. The largest absolute Gasteiger partial charge is 0.311 e. The lowest BCUT2D eigenvalue weighted by molar-refractivity contribution is 0.238. The van der Waals surface area contributed by atoms with Gasteiger partial charge in [-0.25, -0.2) is 0 Å². The third kappa shape index (κ3) is 5.65. The quantitative estimate of drug-likeness (QED) is 0.866. The minimum absolute atomic E-state index is 0.616. The second kappa shape index (κ2) is 8.28. The van der Waals surface area contributed by atoms with Crippen LogP contribution in [0.15, 0.2) is 24.3 Å². The van der Waals surface area contributed by atoms with Crippen LogP contribution in [-0.2, 0) is 6.42 Å². The van der Waals surface area contributed by atoms with E-state index in [0.717, 1.165) is 19.5 Å². The molecule has 0 aliphatic carbocycles. The van der Waals surface area contributed by atoms with E-state index in [1.165, 1.54) is 24.1 Å². The van der Waals surface area contributed by atoms with Crippen molar-refractivity contribution in [2.45, 2.75) is 39.7 Å². The fourth-order valence-corrected chi connectivity index (χ4v) is 2.25. The first-order chi connectivity index (χ1) is 8.65. The molecule has 2 rings (SSSR count). The van der Waals surface area contributed by atoms with Gasteiger partial charge in [0.2, 0.25) is 0 Å². The molecule has 18 heavy (non-hydrogen) atoms. The summed E-state index contributed by atoms with van der Waals surface area (Å²) in [6.45, 7) is 9.86. The summed E-state index contributed by atoms with van der Waals surface area (Å²) in [6, 6.07) is 9.44. The van der Waals surface area contributed by atoms with Crippen molar-refractivity contribution in [1.29, 1.82) is 0 Å². The summed E-state index contributed by atoms with van der Waals surface area (Å²) in [7, 11) is 2.20. The Bertz CT molecular complexity index is 336. The number of rotatable bonds is 2. The van der Waals surface area contributed by atoms with E-state index in [1.807, 2.05) is 0 Å². The van der Waals surface area contributed by atoms with Crippen LogP contribution in [0.3, 0.4) is 0 Å². The second-order valence-corrected chi connectivity index (χ2v) is 5.31. The van der Waals surface area contributed by atoms with E-state index < -0.39 is 0 Å². The summed E-state index contributed by atoms with van der Waals surface area (Å²) in [6.07, 6.45) is 2.39. The van der Waals surface area contributed by atoms with Crippen molar-refractivity contribution in [1.82, 2.24) is 10.2 Å². The molecule has 1 atom stereocenters. The van der Waals surface area contributed by atoms with Crippen LogP contribution in [-0.4, -0.2) is 37.6 Å². The standard InChI is InChI=1S/C13H20N2.C3H8/c1-11-4-3-5-12(8-11)9-13-10-15(2)7-6-14-13;1-3-2/h3-5,8,13-14H,6-7,9-10H2,1-2H3;3H2,1-2H3. The van der Waals surface area contributed by atoms with Gasteiger partial charge in [0.25, 0.3) is 0 Å². The van der Waals surface area contributed by atoms with Crippen LogP contribution >= 0.6 is 0 Å². The van der Waals surface area contributed by atoms with Gasteiger partial charge in [0.15, 0.2) is 0 Å². The maximum absolute atomic E-state index is 3.58. The highest BCUT2D eigenvalue weighted by atomic mass is 15.2. The predicted octanol–water partition coefficient (Wildman–Crippen LogP) is 2.86. The Kier molecular flexibility index (Phi) is 6.99. The Morgan fingerprint density at radius 2 is 2.06 bits per heavy atom. The Morgan fingerprint density at radius 1 is 1.33 bits per heavy atom. The average molecular weight is 248 g/mol. The highest BCUT2D eigenvalue weighted by Gasteiger charge is 2.16. The first kappa shape index (κ1) is 15.2. The van der Waals surface area contributed by atoms with Crippen LogP contribution in [0, 0.1) is 6.92 Å². The Hall–Kier alpha value is -0.860. The number of benzene rings is 1. The van der Waals surface area contributed by atoms with Crippen LogP contribution in [0.5, 0.6) is 0 Å².